The van der Waals surface area contributed by atoms with Crippen LogP contribution in [0, 0.1) is 13.8 Å². The number of aryl methyl sites for hydroxylation is 1. The molecule has 2 aromatic heterocycles. The van der Waals surface area contributed by atoms with Gasteiger partial charge in [-0.3, -0.25) is 0 Å². The number of pyridine rings is 1. The predicted molar refractivity (Wildman–Crippen MR) is 73.2 cm³/mol. The molecule has 0 aliphatic rings. The third-order valence-corrected chi connectivity index (χ3v) is 3.32. The van der Waals surface area contributed by atoms with Crippen molar-refractivity contribution in [2.45, 2.75) is 27.3 Å². The molecule has 2 rings (SSSR count). The van der Waals surface area contributed by atoms with E-state index in [0.29, 0.717) is 5.02 Å². The quantitative estimate of drug-likeness (QED) is 0.923. The third-order valence-electron chi connectivity index (χ3n) is 2.77. The number of hydrogen-bond donors (Lipinski definition) is 1. The molecule has 0 aliphatic heterocycles. The van der Waals surface area contributed by atoms with Gasteiger partial charge in [0.25, 0.3) is 0 Å². The van der Waals surface area contributed by atoms with E-state index in [-0.39, 0.29) is 0 Å². The molecule has 4 nitrogen and oxygen atoms in total. The molecule has 2 heterocycles. The van der Waals surface area contributed by atoms with Gasteiger partial charge in [0.2, 0.25) is 0 Å². The standard InChI is InChI=1S/C13H17ClN4/c1-4-15-8-11-6-5-7-12(16-11)18-10(3)13(14)9(2)17-18/h5-7,15H,4,8H2,1-3H3. The van der Waals surface area contributed by atoms with Crippen LogP contribution in [0.15, 0.2) is 18.2 Å². The van der Waals surface area contributed by atoms with Crippen molar-refractivity contribution in [3.8, 4) is 5.82 Å². The summed E-state index contributed by atoms with van der Waals surface area (Å²) in [4.78, 5) is 4.58. The van der Waals surface area contributed by atoms with Crippen LogP contribution in [0.3, 0.4) is 0 Å². The van der Waals surface area contributed by atoms with Crippen molar-refractivity contribution in [1.82, 2.24) is 20.1 Å². The summed E-state index contributed by atoms with van der Waals surface area (Å²) >= 11 is 6.15. The second-order valence-electron chi connectivity index (χ2n) is 4.16. The number of nitrogens with zero attached hydrogens (tertiary/aromatic N) is 3. The Balaban J connectivity index is 2.35. The molecule has 96 valence electrons. The predicted octanol–water partition coefficient (Wildman–Crippen LogP) is 2.65. The van der Waals surface area contributed by atoms with Crippen LogP contribution >= 0.6 is 11.6 Å². The molecule has 0 unspecified atom stereocenters. The molecule has 0 saturated heterocycles. The Kier molecular flexibility index (Phi) is 3.99. The summed E-state index contributed by atoms with van der Waals surface area (Å²) < 4.78 is 1.78. The largest absolute Gasteiger partial charge is 0.311 e. The molecule has 0 spiro atoms. The van der Waals surface area contributed by atoms with Crippen LogP contribution in [0.4, 0.5) is 0 Å². The molecular formula is C13H17ClN4. The normalized spacial score (nSPS) is 10.9. The zero-order chi connectivity index (χ0) is 13.1. The van der Waals surface area contributed by atoms with E-state index in [1.807, 2.05) is 32.0 Å². The molecular weight excluding hydrogens is 248 g/mol. The van der Waals surface area contributed by atoms with Gasteiger partial charge in [0.1, 0.15) is 0 Å². The Morgan fingerprint density at radius 2 is 2.11 bits per heavy atom. The highest BCUT2D eigenvalue weighted by Gasteiger charge is 2.11. The van der Waals surface area contributed by atoms with Crippen LogP contribution in [0.1, 0.15) is 24.0 Å². The van der Waals surface area contributed by atoms with Crippen molar-refractivity contribution in [3.63, 3.8) is 0 Å². The van der Waals surface area contributed by atoms with E-state index in [0.717, 1.165) is 36.0 Å². The van der Waals surface area contributed by atoms with E-state index >= 15 is 0 Å². The second kappa shape index (κ2) is 5.50. The van der Waals surface area contributed by atoms with Gasteiger partial charge < -0.3 is 5.32 Å². The first kappa shape index (κ1) is 13.1. The summed E-state index contributed by atoms with van der Waals surface area (Å²) in [7, 11) is 0. The second-order valence-corrected chi connectivity index (χ2v) is 4.54. The van der Waals surface area contributed by atoms with E-state index < -0.39 is 0 Å². The average Bonchev–Trinajstić information content (AvgIpc) is 2.64. The minimum absolute atomic E-state index is 0.703. The van der Waals surface area contributed by atoms with Gasteiger partial charge in [-0.05, 0) is 32.5 Å². The summed E-state index contributed by atoms with van der Waals surface area (Å²) in [5.41, 5.74) is 2.74. The monoisotopic (exact) mass is 264 g/mol. The molecule has 0 atom stereocenters. The number of nitrogens with one attached hydrogen (secondary N) is 1. The molecule has 18 heavy (non-hydrogen) atoms. The van der Waals surface area contributed by atoms with Gasteiger partial charge in [-0.25, -0.2) is 9.67 Å². The SMILES string of the molecule is CCNCc1cccc(-n2nc(C)c(Cl)c2C)n1. The molecule has 2 aromatic rings. The Labute approximate surface area is 112 Å². The van der Waals surface area contributed by atoms with Gasteiger partial charge in [-0.2, -0.15) is 5.10 Å². The minimum atomic E-state index is 0.703. The molecule has 0 fully saturated rings. The zero-order valence-electron chi connectivity index (χ0n) is 10.9. The van der Waals surface area contributed by atoms with Crippen molar-refractivity contribution < 1.29 is 0 Å². The highest BCUT2D eigenvalue weighted by molar-refractivity contribution is 6.31. The first-order valence-electron chi connectivity index (χ1n) is 6.02. The van der Waals surface area contributed by atoms with Gasteiger partial charge in [0.15, 0.2) is 5.82 Å². The van der Waals surface area contributed by atoms with E-state index in [2.05, 4.69) is 22.3 Å². The van der Waals surface area contributed by atoms with Gasteiger partial charge in [-0.1, -0.05) is 24.6 Å². The molecule has 0 saturated carbocycles. The van der Waals surface area contributed by atoms with Crippen molar-refractivity contribution in [2.24, 2.45) is 0 Å². The fraction of sp³-hybridized carbons (Fsp3) is 0.385. The van der Waals surface area contributed by atoms with Gasteiger partial charge in [0, 0.05) is 6.54 Å². The van der Waals surface area contributed by atoms with Gasteiger partial charge >= 0.3 is 0 Å². The Bertz CT molecular complexity index is 548. The highest BCUT2D eigenvalue weighted by Crippen LogP contribution is 2.21. The lowest BCUT2D eigenvalue weighted by Crippen LogP contribution is -2.14. The topological polar surface area (TPSA) is 42.7 Å². The fourth-order valence-corrected chi connectivity index (χ4v) is 1.90. The first-order chi connectivity index (χ1) is 8.63. The van der Waals surface area contributed by atoms with Crippen molar-refractivity contribution >= 4 is 11.6 Å². The molecule has 1 N–H and O–H groups in total. The van der Waals surface area contributed by atoms with Crippen LogP contribution in [0.5, 0.6) is 0 Å². The smallest absolute Gasteiger partial charge is 0.154 e. The first-order valence-corrected chi connectivity index (χ1v) is 6.40. The van der Waals surface area contributed by atoms with Crippen LogP contribution < -0.4 is 5.32 Å². The maximum absolute atomic E-state index is 6.15. The van der Waals surface area contributed by atoms with Crippen LogP contribution in [-0.4, -0.2) is 21.3 Å². The van der Waals surface area contributed by atoms with Crippen LogP contribution in [-0.2, 0) is 6.54 Å². The molecule has 0 bridgehead atoms. The Hall–Kier alpha value is -1.39. The summed E-state index contributed by atoms with van der Waals surface area (Å²) in [5, 5.41) is 8.36. The molecule has 5 heteroatoms. The van der Waals surface area contributed by atoms with E-state index in [1.165, 1.54) is 0 Å². The highest BCUT2D eigenvalue weighted by atomic mass is 35.5. The van der Waals surface area contributed by atoms with E-state index in [1.54, 1.807) is 4.68 Å². The molecule has 0 amide bonds. The average molecular weight is 265 g/mol. The summed E-state index contributed by atoms with van der Waals surface area (Å²) in [6, 6.07) is 5.92. The maximum atomic E-state index is 6.15. The third kappa shape index (κ3) is 2.54. The lowest BCUT2D eigenvalue weighted by molar-refractivity contribution is 0.702. The van der Waals surface area contributed by atoms with Crippen LogP contribution in [0.25, 0.3) is 5.82 Å². The van der Waals surface area contributed by atoms with Gasteiger partial charge in [0.05, 0.1) is 22.1 Å². The zero-order valence-corrected chi connectivity index (χ0v) is 11.6. The maximum Gasteiger partial charge on any atom is 0.154 e. The number of hydrogen-bond acceptors (Lipinski definition) is 3. The van der Waals surface area contributed by atoms with Crippen molar-refractivity contribution in [1.29, 1.82) is 0 Å². The van der Waals surface area contributed by atoms with E-state index in [9.17, 15) is 0 Å². The summed E-state index contributed by atoms with van der Waals surface area (Å²) in [6.45, 7) is 7.61. The number of halogens is 1. The lowest BCUT2D eigenvalue weighted by Gasteiger charge is -2.06. The van der Waals surface area contributed by atoms with Crippen molar-refractivity contribution in [3.05, 3.63) is 40.3 Å². The van der Waals surface area contributed by atoms with Crippen molar-refractivity contribution in [2.75, 3.05) is 6.54 Å². The van der Waals surface area contributed by atoms with Crippen LogP contribution in [0.2, 0.25) is 5.02 Å². The molecule has 0 aliphatic carbocycles. The fourth-order valence-electron chi connectivity index (χ4n) is 1.78. The molecule has 0 radical (unpaired) electrons. The molecule has 0 aromatic carbocycles. The minimum Gasteiger partial charge on any atom is -0.311 e. The summed E-state index contributed by atoms with van der Waals surface area (Å²) in [6.07, 6.45) is 0. The van der Waals surface area contributed by atoms with Gasteiger partial charge in [-0.15, -0.1) is 0 Å². The lowest BCUT2D eigenvalue weighted by atomic mass is 10.3. The Morgan fingerprint density at radius 3 is 2.72 bits per heavy atom. The Morgan fingerprint density at radius 1 is 1.33 bits per heavy atom. The number of aromatic nitrogens is 3. The van der Waals surface area contributed by atoms with E-state index in [4.69, 9.17) is 11.6 Å². The number of rotatable bonds is 4. The summed E-state index contributed by atoms with van der Waals surface area (Å²) in [5.74, 6) is 0.804.